The summed E-state index contributed by atoms with van der Waals surface area (Å²) in [5, 5.41) is 27.5. The van der Waals surface area contributed by atoms with Crippen molar-refractivity contribution in [1.29, 1.82) is 0 Å². The average Bonchev–Trinajstić information content (AvgIpc) is 3.19. The maximum Gasteiger partial charge on any atom is 0.475 e. The van der Waals surface area contributed by atoms with E-state index in [1.54, 1.807) is 7.05 Å². The Bertz CT molecular complexity index is 645. The van der Waals surface area contributed by atoms with Gasteiger partial charge in [-0.15, -0.1) is 0 Å². The van der Waals surface area contributed by atoms with E-state index in [0.717, 1.165) is 6.42 Å². The Balaban J connectivity index is 2.84. The van der Waals surface area contributed by atoms with E-state index in [1.165, 1.54) is 11.8 Å². The number of hydrogen-bond acceptors (Lipinski definition) is 6. The van der Waals surface area contributed by atoms with E-state index in [2.05, 4.69) is 20.9 Å². The number of hydrogen-bond donors (Lipinski definition) is 6. The molecule has 1 aliphatic heterocycles. The summed E-state index contributed by atoms with van der Waals surface area (Å²) in [6, 6.07) is -1.50. The van der Waals surface area contributed by atoms with Crippen LogP contribution in [0.5, 0.6) is 0 Å². The molecule has 0 saturated carbocycles. The molecule has 3 atom stereocenters. The second-order valence-electron chi connectivity index (χ2n) is 8.27. The first-order valence-electron chi connectivity index (χ1n) is 10.8. The summed E-state index contributed by atoms with van der Waals surface area (Å²) in [5.74, 6) is -1.53. The van der Waals surface area contributed by atoms with Crippen LogP contribution in [0.3, 0.4) is 0 Å². The van der Waals surface area contributed by atoms with Crippen molar-refractivity contribution >= 4 is 30.8 Å². The molecule has 7 N–H and O–H groups in total. The van der Waals surface area contributed by atoms with Gasteiger partial charge in [-0.2, -0.15) is 0 Å². The molecule has 1 saturated heterocycles. The van der Waals surface area contributed by atoms with E-state index >= 15 is 0 Å². The third kappa shape index (κ3) is 9.13. The monoisotopic (exact) mass is 440 g/mol. The molecule has 3 amide bonds. The van der Waals surface area contributed by atoms with E-state index in [0.29, 0.717) is 38.8 Å². The number of carbonyl (C=O) groups is 3. The lowest BCUT2D eigenvalue weighted by atomic mass is 9.75. The highest BCUT2D eigenvalue weighted by atomic mass is 16.4. The molecule has 0 aromatic heterocycles. The summed E-state index contributed by atoms with van der Waals surface area (Å²) in [4.78, 5) is 42.8. The van der Waals surface area contributed by atoms with Crippen LogP contribution in [0.2, 0.25) is 0 Å². The van der Waals surface area contributed by atoms with Gasteiger partial charge in [0.15, 0.2) is 5.96 Å². The number of nitrogens with zero attached hydrogens (tertiary/aromatic N) is 2. The van der Waals surface area contributed by atoms with Gasteiger partial charge in [0.25, 0.3) is 0 Å². The zero-order valence-corrected chi connectivity index (χ0v) is 18.9. The van der Waals surface area contributed by atoms with Gasteiger partial charge in [-0.1, -0.05) is 13.8 Å². The Morgan fingerprint density at radius 3 is 2.48 bits per heavy atom. The van der Waals surface area contributed by atoms with Crippen molar-refractivity contribution in [1.82, 2.24) is 20.9 Å². The third-order valence-corrected chi connectivity index (χ3v) is 5.22. The minimum absolute atomic E-state index is 0.128. The van der Waals surface area contributed by atoms with Crippen molar-refractivity contribution < 1.29 is 24.4 Å². The lowest BCUT2D eigenvalue weighted by Crippen LogP contribution is -2.56. The molecule has 0 aromatic carbocycles. The van der Waals surface area contributed by atoms with Gasteiger partial charge in [0, 0.05) is 27.1 Å². The van der Waals surface area contributed by atoms with Gasteiger partial charge in [0.2, 0.25) is 17.7 Å². The molecule has 11 nitrogen and oxygen atoms in total. The third-order valence-electron chi connectivity index (χ3n) is 5.22. The topological polar surface area (TPSA) is 169 Å². The molecule has 176 valence electrons. The largest absolute Gasteiger partial charge is 0.475 e. The van der Waals surface area contributed by atoms with Crippen molar-refractivity contribution in [2.75, 3.05) is 20.1 Å². The van der Waals surface area contributed by atoms with E-state index in [4.69, 9.17) is 5.73 Å². The van der Waals surface area contributed by atoms with Crippen LogP contribution in [0, 0.1) is 5.92 Å². The fourth-order valence-corrected chi connectivity index (χ4v) is 3.60. The van der Waals surface area contributed by atoms with Gasteiger partial charge in [-0.25, -0.2) is 0 Å². The fourth-order valence-electron chi connectivity index (χ4n) is 3.60. The van der Waals surface area contributed by atoms with Crippen LogP contribution in [0.1, 0.15) is 52.9 Å². The summed E-state index contributed by atoms with van der Waals surface area (Å²) in [5.41, 5.74) is 5.60. The van der Waals surface area contributed by atoms with Crippen molar-refractivity contribution in [2.24, 2.45) is 16.6 Å². The van der Waals surface area contributed by atoms with Crippen LogP contribution in [-0.4, -0.2) is 83.9 Å². The lowest BCUT2D eigenvalue weighted by molar-refractivity contribution is -0.138. The second-order valence-corrected chi connectivity index (χ2v) is 8.27. The Morgan fingerprint density at radius 2 is 1.94 bits per heavy atom. The summed E-state index contributed by atoms with van der Waals surface area (Å²) < 4.78 is 0. The Hall–Kier alpha value is -2.34. The molecular formula is C19H37BN6O5. The molecule has 0 aromatic rings. The quantitative estimate of drug-likeness (QED) is 0.0967. The summed E-state index contributed by atoms with van der Waals surface area (Å²) in [6.45, 7) is 6.19. The second kappa shape index (κ2) is 13.2. The zero-order chi connectivity index (χ0) is 23.6. The molecule has 12 heteroatoms. The van der Waals surface area contributed by atoms with E-state index in [1.807, 2.05) is 13.8 Å². The first-order chi connectivity index (χ1) is 14.6. The van der Waals surface area contributed by atoms with Crippen molar-refractivity contribution in [2.45, 2.75) is 70.9 Å². The lowest BCUT2D eigenvalue weighted by Gasteiger charge is -2.27. The first kappa shape index (κ1) is 26.7. The van der Waals surface area contributed by atoms with Gasteiger partial charge in [-0.3, -0.25) is 19.4 Å². The standard InChI is InChI=1S/C19H37BN6O5/c1-12(2)11-16(20(30)31)25-17(28)14(7-5-9-23-19(21)22-4)24-18(29)15-8-6-10-26(15)13(3)27/h12,14-16,30-31H,5-11H2,1-4H3,(H,24,29)(H,25,28)(H3,21,22,23)/t14-,15-,16-/m0/s1. The van der Waals surface area contributed by atoms with Crippen molar-refractivity contribution in [3.8, 4) is 0 Å². The van der Waals surface area contributed by atoms with Crippen LogP contribution >= 0.6 is 0 Å². The van der Waals surface area contributed by atoms with Crippen molar-refractivity contribution in [3.05, 3.63) is 0 Å². The molecular weight excluding hydrogens is 403 g/mol. The van der Waals surface area contributed by atoms with Crippen LogP contribution in [0.4, 0.5) is 0 Å². The number of amides is 3. The van der Waals surface area contributed by atoms with Gasteiger partial charge < -0.3 is 36.6 Å². The van der Waals surface area contributed by atoms with E-state index in [9.17, 15) is 24.4 Å². The highest BCUT2D eigenvalue weighted by Crippen LogP contribution is 2.18. The van der Waals surface area contributed by atoms with Gasteiger partial charge >= 0.3 is 7.12 Å². The Morgan fingerprint density at radius 1 is 1.26 bits per heavy atom. The molecule has 0 aliphatic carbocycles. The zero-order valence-electron chi connectivity index (χ0n) is 18.9. The Kier molecular flexibility index (Phi) is 11.3. The van der Waals surface area contributed by atoms with Crippen molar-refractivity contribution in [3.63, 3.8) is 0 Å². The number of carbonyl (C=O) groups excluding carboxylic acids is 3. The normalized spacial score (nSPS) is 18.5. The molecule has 1 aliphatic rings. The van der Waals surface area contributed by atoms with Crippen LogP contribution in [0.25, 0.3) is 0 Å². The van der Waals surface area contributed by atoms with Crippen LogP contribution < -0.4 is 21.7 Å². The molecule has 1 heterocycles. The first-order valence-corrected chi connectivity index (χ1v) is 10.8. The highest BCUT2D eigenvalue weighted by Gasteiger charge is 2.35. The Labute approximate surface area is 184 Å². The summed E-state index contributed by atoms with van der Waals surface area (Å²) >= 11 is 0. The molecule has 0 spiro atoms. The minimum Gasteiger partial charge on any atom is -0.426 e. The van der Waals surface area contributed by atoms with Gasteiger partial charge in [-0.05, 0) is 38.0 Å². The summed E-state index contributed by atoms with van der Waals surface area (Å²) in [7, 11) is -0.163. The van der Waals surface area contributed by atoms with Gasteiger partial charge in [0.1, 0.15) is 12.1 Å². The molecule has 31 heavy (non-hydrogen) atoms. The number of nitrogens with one attached hydrogen (secondary N) is 3. The molecule has 0 radical (unpaired) electrons. The van der Waals surface area contributed by atoms with E-state index < -0.39 is 31.1 Å². The predicted molar refractivity (Wildman–Crippen MR) is 119 cm³/mol. The minimum atomic E-state index is -1.71. The van der Waals surface area contributed by atoms with Gasteiger partial charge in [0.05, 0.1) is 5.94 Å². The fraction of sp³-hybridized carbons (Fsp3) is 0.789. The molecule has 1 rings (SSSR count). The number of likely N-dealkylation sites (tertiary alicyclic amines) is 1. The number of rotatable bonds is 11. The summed E-state index contributed by atoms with van der Waals surface area (Å²) in [6.07, 6.45) is 2.43. The maximum atomic E-state index is 12.9. The molecule has 0 unspecified atom stereocenters. The number of aliphatic imine (C=N–C) groups is 1. The van der Waals surface area contributed by atoms with Crippen LogP contribution in [0.15, 0.2) is 4.99 Å². The molecule has 1 fully saturated rings. The maximum absolute atomic E-state index is 12.9. The van der Waals surface area contributed by atoms with Crippen LogP contribution in [-0.2, 0) is 14.4 Å². The average molecular weight is 440 g/mol. The smallest absolute Gasteiger partial charge is 0.426 e. The predicted octanol–water partition coefficient (Wildman–Crippen LogP) is -1.66. The number of nitrogens with two attached hydrogens (primary N) is 1. The van der Waals surface area contributed by atoms with E-state index in [-0.39, 0.29) is 23.7 Å². The SMILES string of the molecule is CN=C(N)NCCC[C@H](NC(=O)[C@@H]1CCCN1C(C)=O)C(=O)N[C@@H](CC(C)C)B(O)O. The molecule has 0 bridgehead atoms. The highest BCUT2D eigenvalue weighted by molar-refractivity contribution is 6.43. The number of guanidine groups is 1.